The minimum absolute atomic E-state index is 0.173. The number of alkyl carbamates (subject to hydrolysis) is 1. The average molecular weight is 306 g/mol. The van der Waals surface area contributed by atoms with Crippen molar-refractivity contribution in [2.24, 2.45) is 5.92 Å². The number of carbonyl (C=O) groups excluding carboxylic acids is 1. The molecule has 0 saturated heterocycles. The number of rotatable bonds is 4. The van der Waals surface area contributed by atoms with Gasteiger partial charge in [-0.05, 0) is 41.3 Å². The fraction of sp³-hybridized carbons (Fsp3) is 0.353. The molecule has 1 amide bonds. The first-order valence-electron chi connectivity index (χ1n) is 7.09. The Hall–Kier alpha value is -1.74. The molecule has 0 aliphatic rings. The van der Waals surface area contributed by atoms with Crippen LogP contribution >= 0.6 is 11.6 Å². The summed E-state index contributed by atoms with van der Waals surface area (Å²) in [5.74, 6) is 0.318. The van der Waals surface area contributed by atoms with Gasteiger partial charge < -0.3 is 10.1 Å². The summed E-state index contributed by atoms with van der Waals surface area (Å²) in [6.07, 6.45) is -0.403. The maximum absolute atomic E-state index is 11.8. The molecule has 0 fully saturated rings. The quantitative estimate of drug-likeness (QED) is 0.869. The van der Waals surface area contributed by atoms with Crippen LogP contribution in [0.15, 0.2) is 36.4 Å². The summed E-state index contributed by atoms with van der Waals surface area (Å²) in [6.45, 7) is 6.34. The molecular formula is C17H20ClNO2. The summed E-state index contributed by atoms with van der Waals surface area (Å²) in [5.41, 5.74) is 0.986. The number of amides is 1. The van der Waals surface area contributed by atoms with Crippen molar-refractivity contribution in [3.63, 3.8) is 0 Å². The van der Waals surface area contributed by atoms with Gasteiger partial charge in [0.15, 0.2) is 0 Å². The van der Waals surface area contributed by atoms with Gasteiger partial charge in [0, 0.05) is 5.02 Å². The number of carbonyl (C=O) groups is 1. The van der Waals surface area contributed by atoms with E-state index in [9.17, 15) is 4.79 Å². The Morgan fingerprint density at radius 1 is 1.24 bits per heavy atom. The van der Waals surface area contributed by atoms with Crippen LogP contribution in [0.1, 0.15) is 32.4 Å². The summed E-state index contributed by atoms with van der Waals surface area (Å²) in [5, 5.41) is 5.65. The van der Waals surface area contributed by atoms with Crippen LogP contribution in [0.25, 0.3) is 10.8 Å². The third kappa shape index (κ3) is 4.11. The van der Waals surface area contributed by atoms with Gasteiger partial charge in [-0.15, -0.1) is 0 Å². The first-order valence-corrected chi connectivity index (χ1v) is 7.46. The Morgan fingerprint density at radius 2 is 1.95 bits per heavy atom. The van der Waals surface area contributed by atoms with E-state index in [0.29, 0.717) is 17.5 Å². The number of hydrogen-bond acceptors (Lipinski definition) is 2. The van der Waals surface area contributed by atoms with Crippen molar-refractivity contribution in [1.82, 2.24) is 5.32 Å². The second kappa shape index (κ2) is 6.81. The van der Waals surface area contributed by atoms with Crippen LogP contribution in [-0.4, -0.2) is 12.7 Å². The minimum atomic E-state index is -0.403. The Bertz CT molecular complexity index is 640. The van der Waals surface area contributed by atoms with Gasteiger partial charge in [-0.3, -0.25) is 0 Å². The van der Waals surface area contributed by atoms with Gasteiger partial charge in [0.2, 0.25) is 0 Å². The van der Waals surface area contributed by atoms with Crippen LogP contribution in [0, 0.1) is 5.92 Å². The normalized spacial score (nSPS) is 12.4. The van der Waals surface area contributed by atoms with E-state index in [2.05, 4.69) is 5.32 Å². The molecule has 0 aliphatic carbocycles. The molecule has 0 heterocycles. The molecule has 1 unspecified atom stereocenters. The Labute approximate surface area is 130 Å². The molecule has 0 aromatic heterocycles. The SMILES string of the molecule is CC(C)COC(=O)NC(C)c1cc(Cl)cc2ccccc12. The lowest BCUT2D eigenvalue weighted by atomic mass is 10.00. The minimum Gasteiger partial charge on any atom is -0.449 e. The van der Waals surface area contributed by atoms with Gasteiger partial charge in [0.25, 0.3) is 0 Å². The van der Waals surface area contributed by atoms with Gasteiger partial charge in [-0.1, -0.05) is 49.7 Å². The molecule has 3 nitrogen and oxygen atoms in total. The highest BCUT2D eigenvalue weighted by Crippen LogP contribution is 2.28. The van der Waals surface area contributed by atoms with Crippen LogP contribution in [0.5, 0.6) is 0 Å². The van der Waals surface area contributed by atoms with Crippen molar-refractivity contribution < 1.29 is 9.53 Å². The summed E-state index contributed by atoms with van der Waals surface area (Å²) < 4.78 is 5.15. The highest BCUT2D eigenvalue weighted by Gasteiger charge is 2.14. The van der Waals surface area contributed by atoms with E-state index in [0.717, 1.165) is 16.3 Å². The fourth-order valence-corrected chi connectivity index (χ4v) is 2.43. The van der Waals surface area contributed by atoms with Gasteiger partial charge >= 0.3 is 6.09 Å². The van der Waals surface area contributed by atoms with Gasteiger partial charge in [-0.2, -0.15) is 0 Å². The zero-order valence-corrected chi connectivity index (χ0v) is 13.3. The van der Waals surface area contributed by atoms with E-state index in [1.165, 1.54) is 0 Å². The molecule has 0 aliphatic heterocycles. The lowest BCUT2D eigenvalue weighted by Gasteiger charge is -2.17. The predicted octanol–water partition coefficient (Wildman–Crippen LogP) is 4.94. The Balaban J connectivity index is 2.19. The molecule has 2 aromatic rings. The Kier molecular flexibility index (Phi) is 5.07. The first-order chi connectivity index (χ1) is 9.97. The first kappa shape index (κ1) is 15.6. The zero-order valence-electron chi connectivity index (χ0n) is 12.5. The monoisotopic (exact) mass is 305 g/mol. The highest BCUT2D eigenvalue weighted by molar-refractivity contribution is 6.31. The molecule has 1 atom stereocenters. The summed E-state index contributed by atoms with van der Waals surface area (Å²) >= 11 is 6.16. The molecule has 1 N–H and O–H groups in total. The Morgan fingerprint density at radius 3 is 2.67 bits per heavy atom. The van der Waals surface area contributed by atoms with Crippen LogP contribution < -0.4 is 5.32 Å². The van der Waals surface area contributed by atoms with E-state index >= 15 is 0 Å². The largest absolute Gasteiger partial charge is 0.449 e. The number of halogens is 1. The number of hydrogen-bond donors (Lipinski definition) is 1. The van der Waals surface area contributed by atoms with Gasteiger partial charge in [-0.25, -0.2) is 4.79 Å². The molecule has 0 spiro atoms. The number of benzene rings is 2. The second-order valence-electron chi connectivity index (χ2n) is 5.57. The van der Waals surface area contributed by atoms with Crippen molar-refractivity contribution in [3.8, 4) is 0 Å². The van der Waals surface area contributed by atoms with E-state index < -0.39 is 6.09 Å². The molecule has 4 heteroatoms. The van der Waals surface area contributed by atoms with Crippen molar-refractivity contribution in [2.45, 2.75) is 26.8 Å². The highest BCUT2D eigenvalue weighted by atomic mass is 35.5. The smallest absolute Gasteiger partial charge is 0.407 e. The molecule has 0 saturated carbocycles. The molecule has 21 heavy (non-hydrogen) atoms. The van der Waals surface area contributed by atoms with Crippen LogP contribution in [0.4, 0.5) is 4.79 Å². The lowest BCUT2D eigenvalue weighted by molar-refractivity contribution is 0.130. The van der Waals surface area contributed by atoms with Crippen molar-refractivity contribution in [1.29, 1.82) is 0 Å². The summed E-state index contributed by atoms with van der Waals surface area (Å²) in [6, 6.07) is 11.6. The van der Waals surface area contributed by atoms with E-state index in [1.54, 1.807) is 0 Å². The van der Waals surface area contributed by atoms with Crippen molar-refractivity contribution in [2.75, 3.05) is 6.61 Å². The molecule has 2 rings (SSSR count). The fourth-order valence-electron chi connectivity index (χ4n) is 2.20. The van der Waals surface area contributed by atoms with Crippen LogP contribution in [-0.2, 0) is 4.74 Å². The maximum atomic E-state index is 11.8. The average Bonchev–Trinajstić information content (AvgIpc) is 2.44. The predicted molar refractivity (Wildman–Crippen MR) is 86.7 cm³/mol. The summed E-state index contributed by atoms with van der Waals surface area (Å²) in [4.78, 5) is 11.8. The molecule has 0 radical (unpaired) electrons. The molecule has 112 valence electrons. The number of nitrogens with one attached hydrogen (secondary N) is 1. The van der Waals surface area contributed by atoms with E-state index in [4.69, 9.17) is 16.3 Å². The molecule has 2 aromatic carbocycles. The standard InChI is InChI=1S/C17H20ClNO2/c1-11(2)10-21-17(20)19-12(3)16-9-14(18)8-13-6-4-5-7-15(13)16/h4-9,11-12H,10H2,1-3H3,(H,19,20). The molecular weight excluding hydrogens is 286 g/mol. The third-order valence-electron chi connectivity index (χ3n) is 3.21. The zero-order chi connectivity index (χ0) is 15.4. The van der Waals surface area contributed by atoms with E-state index in [-0.39, 0.29) is 6.04 Å². The van der Waals surface area contributed by atoms with E-state index in [1.807, 2.05) is 57.2 Å². The van der Waals surface area contributed by atoms with Crippen LogP contribution in [0.2, 0.25) is 5.02 Å². The van der Waals surface area contributed by atoms with Crippen molar-refractivity contribution >= 4 is 28.5 Å². The molecule has 0 bridgehead atoms. The topological polar surface area (TPSA) is 38.3 Å². The summed E-state index contributed by atoms with van der Waals surface area (Å²) in [7, 11) is 0. The maximum Gasteiger partial charge on any atom is 0.407 e. The lowest BCUT2D eigenvalue weighted by Crippen LogP contribution is -2.28. The van der Waals surface area contributed by atoms with Crippen LogP contribution in [0.3, 0.4) is 0 Å². The second-order valence-corrected chi connectivity index (χ2v) is 6.01. The number of ether oxygens (including phenoxy) is 1. The van der Waals surface area contributed by atoms with Crippen molar-refractivity contribution in [3.05, 3.63) is 47.0 Å². The third-order valence-corrected chi connectivity index (χ3v) is 3.43. The number of fused-ring (bicyclic) bond motifs is 1. The van der Waals surface area contributed by atoms with Gasteiger partial charge in [0.05, 0.1) is 12.6 Å². The van der Waals surface area contributed by atoms with Gasteiger partial charge in [0.1, 0.15) is 0 Å².